The summed E-state index contributed by atoms with van der Waals surface area (Å²) in [6.07, 6.45) is 3.44. The molecule has 0 aromatic rings. The summed E-state index contributed by atoms with van der Waals surface area (Å²) in [5.41, 5.74) is 0.0535. The molecule has 0 bridgehead atoms. The normalized spacial score (nSPS) is 33.5. The highest BCUT2D eigenvalue weighted by Gasteiger charge is 2.39. The fraction of sp³-hybridized carbons (Fsp3) is 0.909. The van der Waals surface area contributed by atoms with Gasteiger partial charge in [0.05, 0.1) is 19.1 Å². The van der Waals surface area contributed by atoms with Crippen LogP contribution in [0.3, 0.4) is 0 Å². The quantitative estimate of drug-likeness (QED) is 0.706. The summed E-state index contributed by atoms with van der Waals surface area (Å²) in [5, 5.41) is 6.27. The molecular weight excluding hydrogens is 192 g/mol. The minimum Gasteiger partial charge on any atom is -0.379 e. The number of ether oxygens (including phenoxy) is 1. The second kappa shape index (κ2) is 4.10. The van der Waals surface area contributed by atoms with Crippen LogP contribution >= 0.6 is 0 Å². The maximum Gasteiger partial charge on any atom is 0.227 e. The van der Waals surface area contributed by atoms with Crippen molar-refractivity contribution in [2.75, 3.05) is 20.3 Å². The van der Waals surface area contributed by atoms with Gasteiger partial charge in [0.15, 0.2) is 0 Å². The Labute approximate surface area is 90.8 Å². The van der Waals surface area contributed by atoms with Gasteiger partial charge in [-0.2, -0.15) is 0 Å². The molecule has 1 saturated heterocycles. The summed E-state index contributed by atoms with van der Waals surface area (Å²) in [6, 6.07) is 0.175. The molecule has 2 rings (SSSR count). The third-order valence-corrected chi connectivity index (χ3v) is 3.67. The van der Waals surface area contributed by atoms with E-state index in [1.807, 2.05) is 7.05 Å². The van der Waals surface area contributed by atoms with Crippen LogP contribution < -0.4 is 10.6 Å². The second-order valence-electron chi connectivity index (χ2n) is 4.94. The van der Waals surface area contributed by atoms with Crippen LogP contribution in [0.5, 0.6) is 0 Å². The highest BCUT2D eigenvalue weighted by atomic mass is 16.5. The van der Waals surface area contributed by atoms with Crippen molar-refractivity contribution in [3.05, 3.63) is 0 Å². The van der Waals surface area contributed by atoms with Crippen molar-refractivity contribution in [2.45, 2.75) is 37.8 Å². The Kier molecular flexibility index (Phi) is 2.98. The lowest BCUT2D eigenvalue weighted by molar-refractivity contribution is -0.128. The molecule has 15 heavy (non-hydrogen) atoms. The molecule has 1 aliphatic carbocycles. The molecule has 0 aromatic heterocycles. The Bertz CT molecular complexity index is 251. The van der Waals surface area contributed by atoms with Crippen molar-refractivity contribution >= 4 is 5.91 Å². The third kappa shape index (κ3) is 2.16. The highest BCUT2D eigenvalue weighted by Crippen LogP contribution is 2.31. The molecule has 4 heteroatoms. The van der Waals surface area contributed by atoms with Crippen LogP contribution in [0.1, 0.15) is 26.2 Å². The van der Waals surface area contributed by atoms with Crippen molar-refractivity contribution in [3.8, 4) is 0 Å². The molecule has 0 aromatic carbocycles. The zero-order chi connectivity index (χ0) is 10.9. The molecule has 2 fully saturated rings. The number of hydrogen-bond donors (Lipinski definition) is 2. The fourth-order valence-electron chi connectivity index (χ4n) is 2.32. The average Bonchev–Trinajstić information content (AvgIpc) is 2.62. The number of carbonyl (C=O) groups excluding carboxylic acids is 1. The largest absolute Gasteiger partial charge is 0.379 e. The van der Waals surface area contributed by atoms with E-state index in [2.05, 4.69) is 17.6 Å². The number of amides is 1. The maximum absolute atomic E-state index is 12.0. The van der Waals surface area contributed by atoms with Gasteiger partial charge in [0.25, 0.3) is 0 Å². The molecule has 1 saturated carbocycles. The first-order valence-corrected chi connectivity index (χ1v) is 5.72. The van der Waals surface area contributed by atoms with Crippen LogP contribution in [0.2, 0.25) is 0 Å². The molecule has 0 spiro atoms. The topological polar surface area (TPSA) is 50.4 Å². The number of nitrogens with one attached hydrogen (secondary N) is 2. The van der Waals surface area contributed by atoms with Crippen LogP contribution in [-0.4, -0.2) is 37.7 Å². The summed E-state index contributed by atoms with van der Waals surface area (Å²) in [6.45, 7) is 3.32. The predicted octanol–water partition coefficient (Wildman–Crippen LogP) is 0.280. The van der Waals surface area contributed by atoms with E-state index in [1.54, 1.807) is 0 Å². The molecule has 86 valence electrons. The molecular formula is C11H20N2O2. The van der Waals surface area contributed by atoms with E-state index in [0.717, 1.165) is 12.8 Å². The minimum absolute atomic E-state index is 0.0209. The SMILES string of the molecule is CNC1COCC1C(=O)NC1(C)CCC1. The van der Waals surface area contributed by atoms with Crippen molar-refractivity contribution in [3.63, 3.8) is 0 Å². The lowest BCUT2D eigenvalue weighted by Crippen LogP contribution is -2.55. The van der Waals surface area contributed by atoms with E-state index in [1.165, 1.54) is 6.42 Å². The van der Waals surface area contributed by atoms with Gasteiger partial charge >= 0.3 is 0 Å². The van der Waals surface area contributed by atoms with Gasteiger partial charge < -0.3 is 15.4 Å². The van der Waals surface area contributed by atoms with Crippen LogP contribution in [0, 0.1) is 5.92 Å². The second-order valence-corrected chi connectivity index (χ2v) is 4.94. The molecule has 1 aliphatic heterocycles. The number of carbonyl (C=O) groups is 1. The lowest BCUT2D eigenvalue weighted by Gasteiger charge is -2.40. The number of hydrogen-bond acceptors (Lipinski definition) is 3. The molecule has 2 unspecified atom stereocenters. The summed E-state index contributed by atoms with van der Waals surface area (Å²) in [5.74, 6) is 0.126. The Morgan fingerprint density at radius 3 is 2.67 bits per heavy atom. The number of rotatable bonds is 3. The zero-order valence-electron chi connectivity index (χ0n) is 9.51. The predicted molar refractivity (Wildman–Crippen MR) is 57.6 cm³/mol. The van der Waals surface area contributed by atoms with Crippen molar-refractivity contribution < 1.29 is 9.53 Å². The highest BCUT2D eigenvalue weighted by molar-refractivity contribution is 5.80. The summed E-state index contributed by atoms with van der Waals surface area (Å²) < 4.78 is 5.32. The van der Waals surface area contributed by atoms with Gasteiger partial charge in [-0.3, -0.25) is 4.79 Å². The van der Waals surface area contributed by atoms with Crippen LogP contribution in [0.15, 0.2) is 0 Å². The van der Waals surface area contributed by atoms with Gasteiger partial charge in [-0.05, 0) is 33.2 Å². The van der Waals surface area contributed by atoms with E-state index in [-0.39, 0.29) is 23.4 Å². The fourth-order valence-corrected chi connectivity index (χ4v) is 2.32. The monoisotopic (exact) mass is 212 g/mol. The van der Waals surface area contributed by atoms with Crippen LogP contribution in [0.4, 0.5) is 0 Å². The average molecular weight is 212 g/mol. The first kappa shape index (κ1) is 10.9. The molecule has 1 heterocycles. The van der Waals surface area contributed by atoms with Gasteiger partial charge in [-0.25, -0.2) is 0 Å². The third-order valence-electron chi connectivity index (χ3n) is 3.67. The Morgan fingerprint density at radius 2 is 2.13 bits per heavy atom. The smallest absolute Gasteiger partial charge is 0.227 e. The van der Waals surface area contributed by atoms with E-state index in [4.69, 9.17) is 4.74 Å². The summed E-state index contributed by atoms with van der Waals surface area (Å²) >= 11 is 0. The van der Waals surface area contributed by atoms with E-state index < -0.39 is 0 Å². The van der Waals surface area contributed by atoms with Crippen LogP contribution in [0.25, 0.3) is 0 Å². The van der Waals surface area contributed by atoms with Gasteiger partial charge in [-0.15, -0.1) is 0 Å². The Balaban J connectivity index is 1.89. The zero-order valence-corrected chi connectivity index (χ0v) is 9.51. The molecule has 0 radical (unpaired) electrons. The van der Waals surface area contributed by atoms with Gasteiger partial charge in [0.2, 0.25) is 5.91 Å². The molecule has 2 N–H and O–H groups in total. The van der Waals surface area contributed by atoms with Crippen LogP contribution in [-0.2, 0) is 9.53 Å². The lowest BCUT2D eigenvalue weighted by atomic mass is 9.78. The standard InChI is InChI=1S/C11H20N2O2/c1-11(4-3-5-11)13-10(14)8-6-15-7-9(8)12-2/h8-9,12H,3-7H2,1-2H3,(H,13,14). The Hall–Kier alpha value is -0.610. The Morgan fingerprint density at radius 1 is 1.40 bits per heavy atom. The van der Waals surface area contributed by atoms with E-state index >= 15 is 0 Å². The molecule has 2 atom stereocenters. The first-order chi connectivity index (χ1) is 7.14. The van der Waals surface area contributed by atoms with Gasteiger partial charge in [0, 0.05) is 11.6 Å². The van der Waals surface area contributed by atoms with Gasteiger partial charge in [0.1, 0.15) is 0 Å². The van der Waals surface area contributed by atoms with Crippen molar-refractivity contribution in [1.82, 2.24) is 10.6 Å². The molecule has 1 amide bonds. The molecule has 2 aliphatic rings. The summed E-state index contributed by atoms with van der Waals surface area (Å²) in [7, 11) is 1.88. The van der Waals surface area contributed by atoms with Gasteiger partial charge in [-0.1, -0.05) is 0 Å². The van der Waals surface area contributed by atoms with Crippen molar-refractivity contribution in [2.24, 2.45) is 5.92 Å². The number of likely N-dealkylation sites (N-methyl/N-ethyl adjacent to an activating group) is 1. The summed E-state index contributed by atoms with van der Waals surface area (Å²) in [4.78, 5) is 12.0. The first-order valence-electron chi connectivity index (χ1n) is 5.72. The van der Waals surface area contributed by atoms with Crippen molar-refractivity contribution in [1.29, 1.82) is 0 Å². The molecule has 4 nitrogen and oxygen atoms in total. The van der Waals surface area contributed by atoms with E-state index in [0.29, 0.717) is 13.2 Å². The minimum atomic E-state index is -0.0209. The van der Waals surface area contributed by atoms with E-state index in [9.17, 15) is 4.79 Å². The maximum atomic E-state index is 12.0.